The van der Waals surface area contributed by atoms with Gasteiger partial charge in [0.15, 0.2) is 0 Å². The molecule has 1 fully saturated rings. The Bertz CT molecular complexity index is 389. The van der Waals surface area contributed by atoms with Crippen molar-refractivity contribution in [2.75, 3.05) is 6.54 Å². The van der Waals surface area contributed by atoms with Crippen LogP contribution in [0.5, 0.6) is 0 Å². The lowest BCUT2D eigenvalue weighted by molar-refractivity contribution is -0.123. The van der Waals surface area contributed by atoms with Crippen molar-refractivity contribution >= 4 is 18.3 Å². The summed E-state index contributed by atoms with van der Waals surface area (Å²) in [6, 6.07) is 8.16. The zero-order chi connectivity index (χ0) is 12.1. The van der Waals surface area contributed by atoms with Crippen molar-refractivity contribution in [3.8, 4) is 0 Å². The molecule has 1 saturated heterocycles. The van der Waals surface area contributed by atoms with Crippen LogP contribution in [0.2, 0.25) is 0 Å². The second-order valence-corrected chi connectivity index (χ2v) is 4.65. The lowest BCUT2D eigenvalue weighted by atomic mass is 10.0. The van der Waals surface area contributed by atoms with Crippen LogP contribution in [-0.4, -0.2) is 18.5 Å². The van der Waals surface area contributed by atoms with Crippen molar-refractivity contribution in [2.24, 2.45) is 0 Å². The molecule has 3 nitrogen and oxygen atoms in total. The number of carbonyl (C=O) groups excluding carboxylic acids is 1. The SMILES string of the molecule is Cc1ccccc1CNC(=O)[C@H]1CCCCN1.Cl. The topological polar surface area (TPSA) is 41.1 Å². The molecule has 2 rings (SSSR count). The zero-order valence-electron chi connectivity index (χ0n) is 10.7. The highest BCUT2D eigenvalue weighted by Crippen LogP contribution is 2.09. The van der Waals surface area contributed by atoms with Crippen LogP contribution >= 0.6 is 12.4 Å². The summed E-state index contributed by atoms with van der Waals surface area (Å²) >= 11 is 0. The molecule has 0 bridgehead atoms. The number of rotatable bonds is 3. The summed E-state index contributed by atoms with van der Waals surface area (Å²) in [7, 11) is 0. The van der Waals surface area contributed by atoms with Crippen molar-refractivity contribution < 1.29 is 4.79 Å². The first-order valence-corrected chi connectivity index (χ1v) is 6.33. The molecule has 1 aliphatic heterocycles. The first kappa shape index (κ1) is 15.0. The Morgan fingerprint density at radius 3 is 2.83 bits per heavy atom. The van der Waals surface area contributed by atoms with Gasteiger partial charge in [0.05, 0.1) is 6.04 Å². The molecule has 1 amide bonds. The molecule has 1 aromatic rings. The van der Waals surface area contributed by atoms with Gasteiger partial charge in [0.2, 0.25) is 5.91 Å². The van der Waals surface area contributed by atoms with Gasteiger partial charge in [-0.3, -0.25) is 4.79 Å². The number of halogens is 1. The lowest BCUT2D eigenvalue weighted by Crippen LogP contribution is -2.46. The number of amides is 1. The molecule has 0 aromatic heterocycles. The summed E-state index contributed by atoms with van der Waals surface area (Å²) in [6.45, 7) is 3.66. The Morgan fingerprint density at radius 2 is 2.17 bits per heavy atom. The van der Waals surface area contributed by atoms with Crippen LogP contribution in [0.15, 0.2) is 24.3 Å². The molecule has 18 heavy (non-hydrogen) atoms. The summed E-state index contributed by atoms with van der Waals surface area (Å²) in [5.41, 5.74) is 2.42. The molecule has 2 N–H and O–H groups in total. The number of aryl methyl sites for hydroxylation is 1. The molecule has 100 valence electrons. The second kappa shape index (κ2) is 7.39. The summed E-state index contributed by atoms with van der Waals surface area (Å²) in [5, 5.41) is 6.27. The highest BCUT2D eigenvalue weighted by molar-refractivity contribution is 5.85. The van der Waals surface area contributed by atoms with Gasteiger partial charge in [-0.05, 0) is 37.4 Å². The molecule has 0 radical (unpaired) electrons. The first-order valence-electron chi connectivity index (χ1n) is 6.33. The van der Waals surface area contributed by atoms with Gasteiger partial charge >= 0.3 is 0 Å². The van der Waals surface area contributed by atoms with Gasteiger partial charge in [-0.25, -0.2) is 0 Å². The minimum Gasteiger partial charge on any atom is -0.351 e. The molecule has 1 heterocycles. The van der Waals surface area contributed by atoms with E-state index in [9.17, 15) is 4.79 Å². The monoisotopic (exact) mass is 268 g/mol. The van der Waals surface area contributed by atoms with E-state index in [0.29, 0.717) is 6.54 Å². The van der Waals surface area contributed by atoms with Gasteiger partial charge in [0.25, 0.3) is 0 Å². The summed E-state index contributed by atoms with van der Waals surface area (Å²) in [6.07, 6.45) is 3.29. The smallest absolute Gasteiger partial charge is 0.237 e. The van der Waals surface area contributed by atoms with Crippen molar-refractivity contribution in [1.82, 2.24) is 10.6 Å². The van der Waals surface area contributed by atoms with Crippen molar-refractivity contribution in [1.29, 1.82) is 0 Å². The Labute approximate surface area is 115 Å². The number of nitrogens with one attached hydrogen (secondary N) is 2. The lowest BCUT2D eigenvalue weighted by Gasteiger charge is -2.22. The van der Waals surface area contributed by atoms with Crippen LogP contribution in [0.4, 0.5) is 0 Å². The number of hydrogen-bond acceptors (Lipinski definition) is 2. The molecule has 1 aromatic carbocycles. The Kier molecular flexibility index (Phi) is 6.16. The second-order valence-electron chi connectivity index (χ2n) is 4.65. The predicted octanol–water partition coefficient (Wildman–Crippen LogP) is 2.18. The third-order valence-electron chi connectivity index (χ3n) is 3.34. The highest BCUT2D eigenvalue weighted by Gasteiger charge is 2.19. The Morgan fingerprint density at radius 1 is 1.39 bits per heavy atom. The third-order valence-corrected chi connectivity index (χ3v) is 3.34. The van der Waals surface area contributed by atoms with Crippen LogP contribution in [0.1, 0.15) is 30.4 Å². The van der Waals surface area contributed by atoms with E-state index in [4.69, 9.17) is 0 Å². The number of piperidine rings is 1. The number of hydrogen-bond donors (Lipinski definition) is 2. The van der Waals surface area contributed by atoms with E-state index in [1.165, 1.54) is 17.5 Å². The van der Waals surface area contributed by atoms with Gasteiger partial charge in [0, 0.05) is 6.54 Å². The average Bonchev–Trinajstić information content (AvgIpc) is 2.38. The zero-order valence-corrected chi connectivity index (χ0v) is 11.6. The van der Waals surface area contributed by atoms with Gasteiger partial charge in [-0.2, -0.15) is 0 Å². The van der Waals surface area contributed by atoms with Crippen LogP contribution in [-0.2, 0) is 11.3 Å². The van der Waals surface area contributed by atoms with Gasteiger partial charge in [0.1, 0.15) is 0 Å². The van der Waals surface area contributed by atoms with E-state index in [1.807, 2.05) is 12.1 Å². The maximum Gasteiger partial charge on any atom is 0.237 e. The maximum atomic E-state index is 11.9. The van der Waals surface area contributed by atoms with Gasteiger partial charge in [-0.15, -0.1) is 12.4 Å². The summed E-state index contributed by atoms with van der Waals surface area (Å²) in [4.78, 5) is 11.9. The minimum absolute atomic E-state index is 0. The standard InChI is InChI=1S/C14H20N2O.ClH/c1-11-6-2-3-7-12(11)10-16-14(17)13-8-4-5-9-15-13;/h2-3,6-7,13,15H,4-5,8-10H2,1H3,(H,16,17);1H/t13-;/m1./s1. The number of carbonyl (C=O) groups is 1. The average molecular weight is 269 g/mol. The fraction of sp³-hybridized carbons (Fsp3) is 0.500. The van der Waals surface area contributed by atoms with E-state index < -0.39 is 0 Å². The third kappa shape index (κ3) is 4.00. The largest absolute Gasteiger partial charge is 0.351 e. The van der Waals surface area contributed by atoms with Crippen LogP contribution in [0.3, 0.4) is 0 Å². The van der Waals surface area contributed by atoms with E-state index in [0.717, 1.165) is 19.4 Å². The molecule has 0 unspecified atom stereocenters. The predicted molar refractivity (Wildman–Crippen MR) is 75.9 cm³/mol. The molecule has 1 atom stereocenters. The summed E-state index contributed by atoms with van der Waals surface area (Å²) < 4.78 is 0. The quantitative estimate of drug-likeness (QED) is 0.882. The van der Waals surface area contributed by atoms with E-state index >= 15 is 0 Å². The molecular weight excluding hydrogens is 248 g/mol. The Balaban J connectivity index is 0.00000162. The van der Waals surface area contributed by atoms with Gasteiger partial charge in [-0.1, -0.05) is 30.7 Å². The van der Waals surface area contributed by atoms with Gasteiger partial charge < -0.3 is 10.6 Å². The van der Waals surface area contributed by atoms with Crippen LogP contribution < -0.4 is 10.6 Å². The van der Waals surface area contributed by atoms with E-state index in [2.05, 4.69) is 29.7 Å². The normalized spacial score (nSPS) is 18.8. The minimum atomic E-state index is 0. The molecule has 4 heteroatoms. The molecular formula is C14H21ClN2O. The fourth-order valence-electron chi connectivity index (χ4n) is 2.19. The highest BCUT2D eigenvalue weighted by atomic mass is 35.5. The number of benzene rings is 1. The Hall–Kier alpha value is -1.06. The van der Waals surface area contributed by atoms with Crippen molar-refractivity contribution in [3.05, 3.63) is 35.4 Å². The van der Waals surface area contributed by atoms with Crippen molar-refractivity contribution in [3.63, 3.8) is 0 Å². The molecule has 1 aliphatic rings. The first-order chi connectivity index (χ1) is 8.27. The van der Waals surface area contributed by atoms with Crippen molar-refractivity contribution in [2.45, 2.75) is 38.8 Å². The molecule has 0 spiro atoms. The van der Waals surface area contributed by atoms with E-state index in [1.54, 1.807) is 0 Å². The fourth-order valence-corrected chi connectivity index (χ4v) is 2.19. The molecule has 0 saturated carbocycles. The maximum absolute atomic E-state index is 11.9. The van der Waals surface area contributed by atoms with Crippen LogP contribution in [0.25, 0.3) is 0 Å². The molecule has 0 aliphatic carbocycles. The van der Waals surface area contributed by atoms with Crippen LogP contribution in [0, 0.1) is 6.92 Å². The summed E-state index contributed by atoms with van der Waals surface area (Å²) in [5.74, 6) is 0.132. The van der Waals surface area contributed by atoms with E-state index in [-0.39, 0.29) is 24.4 Å².